The quantitative estimate of drug-likeness (QED) is 0.283. The zero-order chi connectivity index (χ0) is 24.0. The third-order valence-electron chi connectivity index (χ3n) is 4.75. The van der Waals surface area contributed by atoms with Gasteiger partial charge in [-0.3, -0.25) is 4.79 Å². The SMILES string of the molecule is COc1ccc(/C=C(\C#N)C(=O)Nc2cccc(C(F)(F)F)c2)c(Cc2cccc(F)c2)c1. The third kappa shape index (κ3) is 6.20. The molecule has 0 fully saturated rings. The first-order valence-corrected chi connectivity index (χ1v) is 9.71. The number of hydrogen-bond donors (Lipinski definition) is 1. The van der Waals surface area contributed by atoms with Crippen LogP contribution in [0.1, 0.15) is 22.3 Å². The minimum absolute atomic E-state index is 0.0920. The Morgan fingerprint density at radius 2 is 1.85 bits per heavy atom. The zero-order valence-electron chi connectivity index (χ0n) is 17.4. The van der Waals surface area contributed by atoms with Gasteiger partial charge in [-0.2, -0.15) is 18.4 Å². The number of nitrogens with zero attached hydrogens (tertiary/aromatic N) is 1. The Labute approximate surface area is 187 Å². The second-order valence-electron chi connectivity index (χ2n) is 7.07. The van der Waals surface area contributed by atoms with Crippen molar-refractivity contribution >= 4 is 17.7 Å². The van der Waals surface area contributed by atoms with Crippen molar-refractivity contribution in [2.45, 2.75) is 12.6 Å². The first-order chi connectivity index (χ1) is 15.7. The second kappa shape index (κ2) is 10.0. The first kappa shape index (κ1) is 23.5. The van der Waals surface area contributed by atoms with Gasteiger partial charge in [0, 0.05) is 5.69 Å². The lowest BCUT2D eigenvalue weighted by molar-refractivity contribution is -0.137. The van der Waals surface area contributed by atoms with E-state index in [1.807, 2.05) is 0 Å². The highest BCUT2D eigenvalue weighted by Crippen LogP contribution is 2.31. The van der Waals surface area contributed by atoms with E-state index in [0.717, 1.165) is 18.2 Å². The average molecular weight is 454 g/mol. The molecule has 4 nitrogen and oxygen atoms in total. The van der Waals surface area contributed by atoms with Gasteiger partial charge in [0.1, 0.15) is 23.2 Å². The van der Waals surface area contributed by atoms with Crippen molar-refractivity contribution in [1.29, 1.82) is 5.26 Å². The Morgan fingerprint density at radius 3 is 2.52 bits per heavy atom. The van der Waals surface area contributed by atoms with Crippen molar-refractivity contribution in [3.05, 3.63) is 100 Å². The normalized spacial score (nSPS) is 11.6. The smallest absolute Gasteiger partial charge is 0.416 e. The van der Waals surface area contributed by atoms with Crippen LogP contribution in [0.2, 0.25) is 0 Å². The summed E-state index contributed by atoms with van der Waals surface area (Å²) in [6, 6.07) is 16.9. The van der Waals surface area contributed by atoms with Crippen LogP contribution >= 0.6 is 0 Å². The molecule has 3 aromatic carbocycles. The molecule has 8 heteroatoms. The fourth-order valence-corrected chi connectivity index (χ4v) is 3.15. The Bertz CT molecular complexity index is 1240. The number of hydrogen-bond acceptors (Lipinski definition) is 3. The summed E-state index contributed by atoms with van der Waals surface area (Å²) in [5, 5.41) is 11.8. The summed E-state index contributed by atoms with van der Waals surface area (Å²) in [5.41, 5.74) is 0.527. The van der Waals surface area contributed by atoms with Gasteiger partial charge in [-0.15, -0.1) is 0 Å². The van der Waals surface area contributed by atoms with E-state index in [4.69, 9.17) is 4.74 Å². The van der Waals surface area contributed by atoms with Crippen LogP contribution in [0.3, 0.4) is 0 Å². The van der Waals surface area contributed by atoms with E-state index in [1.165, 1.54) is 31.4 Å². The molecule has 3 rings (SSSR count). The monoisotopic (exact) mass is 454 g/mol. The third-order valence-corrected chi connectivity index (χ3v) is 4.75. The molecule has 0 aliphatic carbocycles. The molecule has 0 spiro atoms. The predicted octanol–water partition coefficient (Wildman–Crippen LogP) is 5.99. The Kier molecular flexibility index (Phi) is 7.13. The number of carbonyl (C=O) groups is 1. The summed E-state index contributed by atoms with van der Waals surface area (Å²) < 4.78 is 57.6. The van der Waals surface area contributed by atoms with Crippen molar-refractivity contribution < 1.29 is 27.1 Å². The van der Waals surface area contributed by atoms with Gasteiger partial charge in [0.15, 0.2) is 0 Å². The first-order valence-electron chi connectivity index (χ1n) is 9.71. The van der Waals surface area contributed by atoms with E-state index in [-0.39, 0.29) is 11.3 Å². The molecular formula is C25H18F4N2O2. The fourth-order valence-electron chi connectivity index (χ4n) is 3.15. The molecule has 0 aromatic heterocycles. The number of rotatable bonds is 6. The molecule has 0 bridgehead atoms. The number of anilines is 1. The van der Waals surface area contributed by atoms with Crippen molar-refractivity contribution in [3.8, 4) is 11.8 Å². The van der Waals surface area contributed by atoms with E-state index in [1.54, 1.807) is 36.4 Å². The molecule has 0 saturated carbocycles. The maximum absolute atomic E-state index is 13.6. The lowest BCUT2D eigenvalue weighted by atomic mass is 9.97. The van der Waals surface area contributed by atoms with Gasteiger partial charge in [0.2, 0.25) is 0 Å². The number of halogens is 4. The molecule has 0 unspecified atom stereocenters. The van der Waals surface area contributed by atoms with Crippen molar-refractivity contribution in [1.82, 2.24) is 0 Å². The van der Waals surface area contributed by atoms with Crippen LogP contribution in [0.15, 0.2) is 72.3 Å². The van der Waals surface area contributed by atoms with E-state index in [0.29, 0.717) is 28.9 Å². The summed E-state index contributed by atoms with van der Waals surface area (Å²) in [5.74, 6) is -0.722. The molecule has 0 heterocycles. The van der Waals surface area contributed by atoms with Gasteiger partial charge in [-0.25, -0.2) is 4.39 Å². The number of amides is 1. The topological polar surface area (TPSA) is 62.1 Å². The summed E-state index contributed by atoms with van der Waals surface area (Å²) in [6.07, 6.45) is -2.94. The molecule has 0 aliphatic rings. The largest absolute Gasteiger partial charge is 0.497 e. The van der Waals surface area contributed by atoms with Crippen LogP contribution in [0, 0.1) is 17.1 Å². The fraction of sp³-hybridized carbons (Fsp3) is 0.120. The summed E-state index contributed by atoms with van der Waals surface area (Å²) in [4.78, 5) is 12.6. The van der Waals surface area contributed by atoms with E-state index in [2.05, 4.69) is 5.32 Å². The number of carbonyl (C=O) groups excluding carboxylic acids is 1. The molecule has 0 atom stereocenters. The highest BCUT2D eigenvalue weighted by atomic mass is 19.4. The zero-order valence-corrected chi connectivity index (χ0v) is 17.4. The molecule has 0 radical (unpaired) electrons. The number of methoxy groups -OCH3 is 1. The van der Waals surface area contributed by atoms with Gasteiger partial charge in [-0.05, 0) is 71.7 Å². The second-order valence-corrected chi connectivity index (χ2v) is 7.07. The summed E-state index contributed by atoms with van der Waals surface area (Å²) >= 11 is 0. The molecule has 168 valence electrons. The molecule has 0 saturated heterocycles. The number of alkyl halides is 3. The summed E-state index contributed by atoms with van der Waals surface area (Å²) in [6.45, 7) is 0. The van der Waals surface area contributed by atoms with Crippen LogP contribution in [0.4, 0.5) is 23.2 Å². The van der Waals surface area contributed by atoms with Gasteiger partial charge in [0.25, 0.3) is 5.91 Å². The lowest BCUT2D eigenvalue weighted by Crippen LogP contribution is -2.14. The molecular weight excluding hydrogens is 436 g/mol. The standard InChI is InChI=1S/C25H18F4N2O2/c1-33-23-9-8-17(18(13-23)10-16-4-2-6-21(26)11-16)12-19(15-30)24(32)31-22-7-3-5-20(14-22)25(27,28)29/h2-9,11-14H,10H2,1H3,(H,31,32)/b19-12+. The van der Waals surface area contributed by atoms with Gasteiger partial charge in [-0.1, -0.05) is 24.3 Å². The van der Waals surface area contributed by atoms with Gasteiger partial charge >= 0.3 is 6.18 Å². The summed E-state index contributed by atoms with van der Waals surface area (Å²) in [7, 11) is 1.49. The van der Waals surface area contributed by atoms with Crippen LogP contribution in [-0.4, -0.2) is 13.0 Å². The maximum atomic E-state index is 13.6. The molecule has 33 heavy (non-hydrogen) atoms. The van der Waals surface area contributed by atoms with Crippen molar-refractivity contribution in [2.75, 3.05) is 12.4 Å². The predicted molar refractivity (Wildman–Crippen MR) is 116 cm³/mol. The lowest BCUT2D eigenvalue weighted by Gasteiger charge is -2.11. The number of nitrogens with one attached hydrogen (secondary N) is 1. The van der Waals surface area contributed by atoms with Crippen LogP contribution in [0.5, 0.6) is 5.75 Å². The van der Waals surface area contributed by atoms with Crippen LogP contribution in [0.25, 0.3) is 6.08 Å². The maximum Gasteiger partial charge on any atom is 0.416 e. The minimum Gasteiger partial charge on any atom is -0.497 e. The van der Waals surface area contributed by atoms with Gasteiger partial charge in [0.05, 0.1) is 12.7 Å². The Hall–Kier alpha value is -4.12. The molecule has 0 aliphatic heterocycles. The van der Waals surface area contributed by atoms with Crippen LogP contribution < -0.4 is 10.1 Å². The Balaban J connectivity index is 1.91. The van der Waals surface area contributed by atoms with Crippen molar-refractivity contribution in [2.24, 2.45) is 0 Å². The van der Waals surface area contributed by atoms with Crippen molar-refractivity contribution in [3.63, 3.8) is 0 Å². The minimum atomic E-state index is -4.57. The highest BCUT2D eigenvalue weighted by molar-refractivity contribution is 6.09. The molecule has 1 amide bonds. The number of benzene rings is 3. The molecule has 3 aromatic rings. The van der Waals surface area contributed by atoms with Crippen LogP contribution in [-0.2, 0) is 17.4 Å². The molecule has 1 N–H and O–H groups in total. The number of ether oxygens (including phenoxy) is 1. The van der Waals surface area contributed by atoms with Gasteiger partial charge < -0.3 is 10.1 Å². The van der Waals surface area contributed by atoms with E-state index >= 15 is 0 Å². The van der Waals surface area contributed by atoms with E-state index < -0.39 is 23.5 Å². The Morgan fingerprint density at radius 1 is 1.09 bits per heavy atom. The average Bonchev–Trinajstić information content (AvgIpc) is 2.77. The highest BCUT2D eigenvalue weighted by Gasteiger charge is 2.30. The van der Waals surface area contributed by atoms with E-state index in [9.17, 15) is 27.6 Å². The number of nitriles is 1.